The van der Waals surface area contributed by atoms with Crippen LogP contribution in [0.15, 0.2) is 12.3 Å². The number of hydrogen-bond acceptors (Lipinski definition) is 3. The molecular weight excluding hydrogens is 215 g/mol. The van der Waals surface area contributed by atoms with Crippen molar-refractivity contribution in [2.24, 2.45) is 0 Å². The molecule has 0 aliphatic carbocycles. The normalized spacial score (nSPS) is 11.2. The number of carbonyl (C=O) groups is 1. The summed E-state index contributed by atoms with van der Waals surface area (Å²) in [4.78, 5) is 13.5. The molecule has 0 atom stereocenters. The summed E-state index contributed by atoms with van der Waals surface area (Å²) in [5.74, 6) is -8.89. The number of pyridine rings is 1. The molecule has 0 radical (unpaired) electrons. The summed E-state index contributed by atoms with van der Waals surface area (Å²) in [5.41, 5.74) is -1.28. The van der Waals surface area contributed by atoms with Crippen molar-refractivity contribution in [3.8, 4) is 5.88 Å². The minimum atomic E-state index is -4.31. The molecule has 4 nitrogen and oxygen atoms in total. The zero-order valence-corrected chi connectivity index (χ0v) is 7.50. The molecule has 0 fully saturated rings. The van der Waals surface area contributed by atoms with E-state index in [0.717, 1.165) is 13.3 Å². The summed E-state index contributed by atoms with van der Waals surface area (Å²) >= 11 is 0. The SMILES string of the molecule is COc1nccc(C(F)(F)C(=O)O)c1F. The van der Waals surface area contributed by atoms with Crippen molar-refractivity contribution in [3.05, 3.63) is 23.6 Å². The van der Waals surface area contributed by atoms with Crippen LogP contribution in [0, 0.1) is 5.82 Å². The highest BCUT2D eigenvalue weighted by Gasteiger charge is 2.44. The summed E-state index contributed by atoms with van der Waals surface area (Å²) < 4.78 is 43.4. The molecule has 0 saturated heterocycles. The largest absolute Gasteiger partial charge is 0.479 e. The van der Waals surface area contributed by atoms with E-state index in [0.29, 0.717) is 6.07 Å². The summed E-state index contributed by atoms with van der Waals surface area (Å²) in [6.07, 6.45) is 0.841. The summed E-state index contributed by atoms with van der Waals surface area (Å²) in [7, 11) is 1.04. The lowest BCUT2D eigenvalue weighted by molar-refractivity contribution is -0.166. The predicted octanol–water partition coefficient (Wildman–Crippen LogP) is 1.41. The lowest BCUT2D eigenvalue weighted by atomic mass is 10.1. The second kappa shape index (κ2) is 3.76. The van der Waals surface area contributed by atoms with E-state index in [-0.39, 0.29) is 0 Å². The predicted molar refractivity (Wildman–Crippen MR) is 42.3 cm³/mol. The van der Waals surface area contributed by atoms with Crippen molar-refractivity contribution >= 4 is 5.97 Å². The summed E-state index contributed by atoms with van der Waals surface area (Å²) in [6, 6.07) is 0.589. The Bertz CT molecular complexity index is 395. The van der Waals surface area contributed by atoms with Crippen LogP contribution in [0.3, 0.4) is 0 Å². The molecule has 1 aromatic heterocycles. The monoisotopic (exact) mass is 221 g/mol. The van der Waals surface area contributed by atoms with Crippen LogP contribution in [0.25, 0.3) is 0 Å². The van der Waals surface area contributed by atoms with Crippen molar-refractivity contribution in [1.29, 1.82) is 0 Å². The Hall–Kier alpha value is -1.79. The number of hydrogen-bond donors (Lipinski definition) is 1. The fraction of sp³-hybridized carbons (Fsp3) is 0.250. The maximum absolute atomic E-state index is 13.2. The number of carboxylic acids is 1. The van der Waals surface area contributed by atoms with Gasteiger partial charge in [0.2, 0.25) is 0 Å². The van der Waals surface area contributed by atoms with Gasteiger partial charge in [0.05, 0.1) is 12.7 Å². The number of methoxy groups -OCH3 is 1. The van der Waals surface area contributed by atoms with Crippen LogP contribution in [-0.2, 0) is 10.7 Å². The van der Waals surface area contributed by atoms with E-state index in [2.05, 4.69) is 9.72 Å². The maximum atomic E-state index is 13.2. The van der Waals surface area contributed by atoms with Crippen LogP contribution in [0.4, 0.5) is 13.2 Å². The van der Waals surface area contributed by atoms with Gasteiger partial charge >= 0.3 is 11.9 Å². The molecule has 0 spiro atoms. The highest BCUT2D eigenvalue weighted by atomic mass is 19.3. The first-order chi connectivity index (χ1) is 6.91. The van der Waals surface area contributed by atoms with E-state index in [1.54, 1.807) is 0 Å². The average molecular weight is 221 g/mol. The summed E-state index contributed by atoms with van der Waals surface area (Å²) in [6.45, 7) is 0. The molecule has 1 heterocycles. The van der Waals surface area contributed by atoms with Crippen LogP contribution < -0.4 is 4.74 Å². The van der Waals surface area contributed by atoms with Crippen molar-refractivity contribution in [3.63, 3.8) is 0 Å². The third kappa shape index (κ3) is 1.85. The average Bonchev–Trinajstić information content (AvgIpc) is 2.17. The van der Waals surface area contributed by atoms with Gasteiger partial charge in [-0.2, -0.15) is 8.78 Å². The molecule has 1 N–H and O–H groups in total. The second-order valence-electron chi connectivity index (χ2n) is 2.56. The number of alkyl halides is 2. The number of nitrogens with zero attached hydrogens (tertiary/aromatic N) is 1. The number of carboxylic acid groups (broad SMARTS) is 1. The minimum Gasteiger partial charge on any atom is -0.479 e. The third-order valence-electron chi connectivity index (χ3n) is 1.66. The van der Waals surface area contributed by atoms with Gasteiger partial charge in [-0.15, -0.1) is 0 Å². The molecule has 0 amide bonds. The van der Waals surface area contributed by atoms with Gasteiger partial charge in [0.15, 0.2) is 5.82 Å². The van der Waals surface area contributed by atoms with E-state index in [4.69, 9.17) is 5.11 Å². The van der Waals surface area contributed by atoms with Gasteiger partial charge in [0.25, 0.3) is 5.88 Å². The molecular formula is C8H6F3NO3. The third-order valence-corrected chi connectivity index (χ3v) is 1.66. The summed E-state index contributed by atoms with van der Waals surface area (Å²) in [5, 5.41) is 8.20. The highest BCUT2D eigenvalue weighted by molar-refractivity contribution is 5.77. The molecule has 7 heteroatoms. The number of aromatic nitrogens is 1. The van der Waals surface area contributed by atoms with Crippen LogP contribution in [0.5, 0.6) is 5.88 Å². The Morgan fingerprint density at radius 1 is 1.60 bits per heavy atom. The highest BCUT2D eigenvalue weighted by Crippen LogP contribution is 2.32. The maximum Gasteiger partial charge on any atom is 0.379 e. The molecule has 15 heavy (non-hydrogen) atoms. The molecule has 0 aliphatic heterocycles. The van der Waals surface area contributed by atoms with Crippen LogP contribution in [-0.4, -0.2) is 23.2 Å². The Kier molecular flexibility index (Phi) is 2.83. The first-order valence-electron chi connectivity index (χ1n) is 3.71. The smallest absolute Gasteiger partial charge is 0.379 e. The van der Waals surface area contributed by atoms with Gasteiger partial charge in [-0.05, 0) is 6.07 Å². The molecule has 1 rings (SSSR count). The number of ether oxygens (including phenoxy) is 1. The molecule has 0 saturated carbocycles. The quantitative estimate of drug-likeness (QED) is 0.838. The van der Waals surface area contributed by atoms with Crippen LogP contribution in [0.2, 0.25) is 0 Å². The molecule has 0 aliphatic rings. The topological polar surface area (TPSA) is 59.4 Å². The van der Waals surface area contributed by atoms with E-state index >= 15 is 0 Å². The van der Waals surface area contributed by atoms with Gasteiger partial charge < -0.3 is 9.84 Å². The lowest BCUT2D eigenvalue weighted by Crippen LogP contribution is -2.26. The second-order valence-corrected chi connectivity index (χ2v) is 2.56. The van der Waals surface area contributed by atoms with Gasteiger partial charge in [-0.25, -0.2) is 14.2 Å². The number of aliphatic carboxylic acids is 1. The van der Waals surface area contributed by atoms with Gasteiger partial charge in [0, 0.05) is 6.20 Å². The van der Waals surface area contributed by atoms with Gasteiger partial charge in [-0.1, -0.05) is 0 Å². The number of rotatable bonds is 3. The minimum absolute atomic E-state index is 0.589. The van der Waals surface area contributed by atoms with Crippen molar-refractivity contribution < 1.29 is 27.8 Å². The van der Waals surface area contributed by atoms with Crippen molar-refractivity contribution in [1.82, 2.24) is 4.98 Å². The molecule has 0 bridgehead atoms. The zero-order chi connectivity index (χ0) is 11.6. The molecule has 0 unspecified atom stereocenters. The van der Waals surface area contributed by atoms with E-state index in [9.17, 15) is 18.0 Å². The van der Waals surface area contributed by atoms with Gasteiger partial charge in [0.1, 0.15) is 0 Å². The first kappa shape index (κ1) is 11.3. The fourth-order valence-corrected chi connectivity index (χ4v) is 0.925. The van der Waals surface area contributed by atoms with Crippen molar-refractivity contribution in [2.45, 2.75) is 5.92 Å². The van der Waals surface area contributed by atoms with E-state index < -0.39 is 29.2 Å². The Morgan fingerprint density at radius 2 is 2.20 bits per heavy atom. The zero-order valence-electron chi connectivity index (χ0n) is 7.50. The van der Waals surface area contributed by atoms with Gasteiger partial charge in [-0.3, -0.25) is 0 Å². The molecule has 0 aromatic carbocycles. The van der Waals surface area contributed by atoms with Crippen LogP contribution in [0.1, 0.15) is 5.56 Å². The Morgan fingerprint density at radius 3 is 2.67 bits per heavy atom. The standard InChI is InChI=1S/C8H6F3NO3/c1-15-6-5(9)4(2-3-12-6)8(10,11)7(13)14/h2-3H,1H3,(H,13,14). The van der Waals surface area contributed by atoms with Crippen molar-refractivity contribution in [2.75, 3.05) is 7.11 Å². The fourth-order valence-electron chi connectivity index (χ4n) is 0.925. The Balaban J connectivity index is 3.32. The van der Waals surface area contributed by atoms with E-state index in [1.165, 1.54) is 0 Å². The first-order valence-corrected chi connectivity index (χ1v) is 3.71. The Labute approximate surface area is 82.3 Å². The molecule has 1 aromatic rings. The lowest BCUT2D eigenvalue weighted by Gasteiger charge is -2.12. The molecule has 82 valence electrons. The number of halogens is 3. The van der Waals surface area contributed by atoms with E-state index in [1.807, 2.05) is 0 Å². The van der Waals surface area contributed by atoms with Crippen LogP contribution >= 0.6 is 0 Å².